The average Bonchev–Trinajstić information content (AvgIpc) is 3.24. The number of amides is 1. The molecule has 0 radical (unpaired) electrons. The third-order valence-electron chi connectivity index (χ3n) is 6.90. The first kappa shape index (κ1) is 26.8. The summed E-state index contributed by atoms with van der Waals surface area (Å²) in [6, 6.07) is 16.6. The van der Waals surface area contributed by atoms with Crippen molar-refractivity contribution in [1.29, 1.82) is 0 Å². The normalized spacial score (nSPS) is 18.4. The molecular weight excluding hydrogens is 482 g/mol. The molecule has 4 nitrogen and oxygen atoms in total. The van der Waals surface area contributed by atoms with Gasteiger partial charge in [-0.25, -0.2) is 4.39 Å². The van der Waals surface area contributed by atoms with Gasteiger partial charge in [0.1, 0.15) is 5.82 Å². The van der Waals surface area contributed by atoms with Gasteiger partial charge in [-0.3, -0.25) is 14.7 Å². The first-order valence-electron chi connectivity index (χ1n) is 12.4. The Morgan fingerprint density at radius 3 is 2.41 bits per heavy atom. The summed E-state index contributed by atoms with van der Waals surface area (Å²) in [6.45, 7) is 7.83. The molecule has 1 amide bonds. The van der Waals surface area contributed by atoms with Gasteiger partial charge in [0.25, 0.3) is 5.91 Å². The molecule has 1 aliphatic heterocycles. The highest BCUT2D eigenvalue weighted by Crippen LogP contribution is 2.37. The second kappa shape index (κ2) is 11.0. The van der Waals surface area contributed by atoms with Crippen molar-refractivity contribution in [2.24, 2.45) is 5.92 Å². The predicted molar refractivity (Wildman–Crippen MR) is 134 cm³/mol. The Bertz CT molecular complexity index is 1230. The van der Waals surface area contributed by atoms with Crippen LogP contribution in [0.15, 0.2) is 66.7 Å². The fourth-order valence-electron chi connectivity index (χ4n) is 5.05. The van der Waals surface area contributed by atoms with Crippen LogP contribution in [0.2, 0.25) is 0 Å². The highest BCUT2D eigenvalue weighted by Gasteiger charge is 2.38. The Hall–Kier alpha value is -3.26. The van der Waals surface area contributed by atoms with Crippen molar-refractivity contribution in [2.45, 2.75) is 45.5 Å². The zero-order valence-electron chi connectivity index (χ0n) is 21.2. The van der Waals surface area contributed by atoms with E-state index in [9.17, 15) is 22.4 Å². The van der Waals surface area contributed by atoms with E-state index in [1.807, 2.05) is 39.0 Å². The minimum Gasteiger partial charge on any atom is -0.336 e. The summed E-state index contributed by atoms with van der Waals surface area (Å²) in [5, 5.41) is 0. The summed E-state index contributed by atoms with van der Waals surface area (Å²) in [7, 11) is 0. The fourth-order valence-corrected chi connectivity index (χ4v) is 5.05. The van der Waals surface area contributed by atoms with E-state index in [1.54, 1.807) is 11.0 Å². The SMILES string of the molecule is Cc1cccc(CN2CC(CN(C(=O)c3ccc(F)cc3)C(C)C)C(c3cccc(C(F)(F)F)c3)C2)n1. The minimum atomic E-state index is -4.43. The molecule has 4 rings (SSSR count). The molecular formula is C29H31F4N3O. The Balaban J connectivity index is 1.63. The van der Waals surface area contributed by atoms with Gasteiger partial charge in [0.05, 0.1) is 11.3 Å². The average molecular weight is 514 g/mol. The lowest BCUT2D eigenvalue weighted by molar-refractivity contribution is -0.137. The molecule has 1 fully saturated rings. The second-order valence-electron chi connectivity index (χ2n) is 10.0. The third-order valence-corrected chi connectivity index (χ3v) is 6.90. The number of rotatable bonds is 7. The van der Waals surface area contributed by atoms with Crippen LogP contribution in [0.4, 0.5) is 17.6 Å². The summed E-state index contributed by atoms with van der Waals surface area (Å²) >= 11 is 0. The largest absolute Gasteiger partial charge is 0.416 e. The molecule has 1 aliphatic rings. The van der Waals surface area contributed by atoms with Crippen LogP contribution in [0.3, 0.4) is 0 Å². The number of halogens is 4. The number of carbonyl (C=O) groups excluding carboxylic acids is 1. The lowest BCUT2D eigenvalue weighted by Gasteiger charge is -2.32. The number of aromatic nitrogens is 1. The van der Waals surface area contributed by atoms with Crippen molar-refractivity contribution < 1.29 is 22.4 Å². The number of carbonyl (C=O) groups is 1. The maximum atomic E-state index is 13.5. The molecule has 1 aromatic heterocycles. The van der Waals surface area contributed by atoms with Crippen LogP contribution < -0.4 is 0 Å². The van der Waals surface area contributed by atoms with Gasteiger partial charge in [-0.05, 0) is 74.7 Å². The first-order valence-corrected chi connectivity index (χ1v) is 12.4. The first-order chi connectivity index (χ1) is 17.5. The molecule has 0 aliphatic carbocycles. The van der Waals surface area contributed by atoms with Gasteiger partial charge in [-0.1, -0.05) is 24.3 Å². The van der Waals surface area contributed by atoms with Crippen molar-refractivity contribution >= 4 is 5.91 Å². The standard InChI is InChI=1S/C29H31F4N3O/c1-19(2)36(28(37)21-10-12-25(30)13-11-21)16-23-15-35(17-26-9-4-6-20(3)34-26)18-27(23)22-7-5-8-24(14-22)29(31,32)33/h4-14,19,23,27H,15-18H2,1-3H3. The van der Waals surface area contributed by atoms with E-state index in [4.69, 9.17) is 0 Å². The van der Waals surface area contributed by atoms with Crippen molar-refractivity contribution in [2.75, 3.05) is 19.6 Å². The van der Waals surface area contributed by atoms with E-state index in [0.29, 0.717) is 37.3 Å². The molecule has 1 saturated heterocycles. The van der Waals surface area contributed by atoms with E-state index >= 15 is 0 Å². The second-order valence-corrected chi connectivity index (χ2v) is 10.0. The molecule has 196 valence electrons. The number of aryl methyl sites for hydroxylation is 1. The van der Waals surface area contributed by atoms with Crippen LogP contribution in [-0.4, -0.2) is 46.4 Å². The Labute approximate surface area is 214 Å². The number of alkyl halides is 3. The van der Waals surface area contributed by atoms with E-state index < -0.39 is 17.6 Å². The van der Waals surface area contributed by atoms with Crippen LogP contribution in [0.5, 0.6) is 0 Å². The molecule has 2 aromatic carbocycles. The van der Waals surface area contributed by atoms with E-state index in [0.717, 1.165) is 17.5 Å². The number of nitrogens with zero attached hydrogens (tertiary/aromatic N) is 3. The summed E-state index contributed by atoms with van der Waals surface area (Å²) < 4.78 is 53.9. The molecule has 2 atom stereocenters. The smallest absolute Gasteiger partial charge is 0.336 e. The lowest BCUT2D eigenvalue weighted by atomic mass is 9.87. The molecule has 2 heterocycles. The number of benzene rings is 2. The van der Waals surface area contributed by atoms with Crippen LogP contribution in [0.1, 0.15) is 52.6 Å². The van der Waals surface area contributed by atoms with Crippen molar-refractivity contribution in [1.82, 2.24) is 14.8 Å². The van der Waals surface area contributed by atoms with E-state index in [-0.39, 0.29) is 23.8 Å². The molecule has 0 bridgehead atoms. The molecule has 37 heavy (non-hydrogen) atoms. The van der Waals surface area contributed by atoms with Crippen LogP contribution >= 0.6 is 0 Å². The molecule has 8 heteroatoms. The number of hydrogen-bond acceptors (Lipinski definition) is 3. The van der Waals surface area contributed by atoms with E-state index in [1.165, 1.54) is 36.4 Å². The zero-order valence-corrected chi connectivity index (χ0v) is 21.2. The minimum absolute atomic E-state index is 0.0971. The predicted octanol–water partition coefficient (Wildman–Crippen LogP) is 6.31. The quantitative estimate of drug-likeness (QED) is 0.347. The highest BCUT2D eigenvalue weighted by atomic mass is 19.4. The summed E-state index contributed by atoms with van der Waals surface area (Å²) in [5.41, 5.74) is 2.11. The van der Waals surface area contributed by atoms with Gasteiger partial charge in [-0.2, -0.15) is 13.2 Å². The molecule has 0 saturated carbocycles. The summed E-state index contributed by atoms with van der Waals surface area (Å²) in [4.78, 5) is 21.9. The monoisotopic (exact) mass is 513 g/mol. The van der Waals surface area contributed by atoms with Gasteiger partial charge in [0, 0.05) is 49.4 Å². The maximum Gasteiger partial charge on any atom is 0.416 e. The van der Waals surface area contributed by atoms with Gasteiger partial charge in [-0.15, -0.1) is 0 Å². The molecule has 2 unspecified atom stereocenters. The molecule has 0 spiro atoms. The number of likely N-dealkylation sites (tertiary alicyclic amines) is 1. The summed E-state index contributed by atoms with van der Waals surface area (Å²) in [5.74, 6) is -0.945. The zero-order chi connectivity index (χ0) is 26.7. The van der Waals surface area contributed by atoms with E-state index in [2.05, 4.69) is 9.88 Å². The Morgan fingerprint density at radius 2 is 1.76 bits per heavy atom. The topological polar surface area (TPSA) is 36.4 Å². The van der Waals surface area contributed by atoms with Crippen molar-refractivity contribution in [3.8, 4) is 0 Å². The molecule has 0 N–H and O–H groups in total. The number of hydrogen-bond donors (Lipinski definition) is 0. The maximum absolute atomic E-state index is 13.5. The van der Waals surface area contributed by atoms with Gasteiger partial charge >= 0.3 is 6.18 Å². The summed E-state index contributed by atoms with van der Waals surface area (Å²) in [6.07, 6.45) is -4.43. The Morgan fingerprint density at radius 1 is 1.05 bits per heavy atom. The van der Waals surface area contributed by atoms with Crippen molar-refractivity contribution in [3.05, 3.63) is 101 Å². The van der Waals surface area contributed by atoms with Gasteiger partial charge in [0.15, 0.2) is 0 Å². The number of pyridine rings is 1. The third kappa shape index (κ3) is 6.55. The highest BCUT2D eigenvalue weighted by molar-refractivity contribution is 5.94. The molecule has 3 aromatic rings. The van der Waals surface area contributed by atoms with Crippen LogP contribution in [0, 0.1) is 18.7 Å². The van der Waals surface area contributed by atoms with Gasteiger partial charge < -0.3 is 4.90 Å². The van der Waals surface area contributed by atoms with Crippen molar-refractivity contribution in [3.63, 3.8) is 0 Å². The lowest BCUT2D eigenvalue weighted by Crippen LogP contribution is -2.42. The Kier molecular flexibility index (Phi) is 7.97. The van der Waals surface area contributed by atoms with Crippen LogP contribution in [0.25, 0.3) is 0 Å². The van der Waals surface area contributed by atoms with Crippen LogP contribution in [-0.2, 0) is 12.7 Å². The fraction of sp³-hybridized carbons (Fsp3) is 0.379. The van der Waals surface area contributed by atoms with Gasteiger partial charge in [0.2, 0.25) is 0 Å².